The van der Waals surface area contributed by atoms with Crippen molar-refractivity contribution >= 4 is 45.2 Å². The molecular formula is C33H32N3O6PS. The number of amides is 2. The van der Waals surface area contributed by atoms with Gasteiger partial charge in [-0.3, -0.25) is 4.79 Å². The summed E-state index contributed by atoms with van der Waals surface area (Å²) in [5.41, 5.74) is 0.514. The van der Waals surface area contributed by atoms with Crippen LogP contribution in [0.3, 0.4) is 0 Å². The van der Waals surface area contributed by atoms with Crippen LogP contribution in [-0.2, 0) is 21.7 Å². The number of carbonyl (C=O) groups excluding carboxylic acids is 1. The SMILES string of the molecule is CC=C[P+](c1ccccc1)(c1ccccc1)c1ccccc1.Cn1cccc(C2=CCN3CC2N(OS(=O)(=O)[O-])C3=O)c1=O. The first-order valence-corrected chi connectivity index (χ1v) is 17.1. The Morgan fingerprint density at radius 2 is 1.36 bits per heavy atom. The molecule has 1 unspecified atom stereocenters. The number of benzene rings is 3. The molecule has 4 aromatic rings. The third-order valence-electron chi connectivity index (χ3n) is 7.50. The number of allylic oxidation sites excluding steroid dienone is 1. The molecule has 2 aliphatic heterocycles. The Hall–Kier alpha value is -4.34. The molecule has 0 radical (unpaired) electrons. The van der Waals surface area contributed by atoms with Crippen molar-refractivity contribution in [3.05, 3.63) is 143 Å². The number of nitrogens with zero attached hydrogens (tertiary/aromatic N) is 3. The Balaban J connectivity index is 0.000000175. The lowest BCUT2D eigenvalue weighted by Crippen LogP contribution is -2.37. The van der Waals surface area contributed by atoms with E-state index in [1.807, 2.05) is 0 Å². The van der Waals surface area contributed by atoms with Crippen LogP contribution in [0.4, 0.5) is 4.79 Å². The predicted molar refractivity (Wildman–Crippen MR) is 173 cm³/mol. The number of urea groups is 1. The molecule has 1 atom stereocenters. The van der Waals surface area contributed by atoms with Gasteiger partial charge in [0.25, 0.3) is 5.56 Å². The van der Waals surface area contributed by atoms with Crippen molar-refractivity contribution in [2.24, 2.45) is 7.05 Å². The van der Waals surface area contributed by atoms with Gasteiger partial charge in [0.05, 0.1) is 12.4 Å². The molecule has 3 heterocycles. The van der Waals surface area contributed by atoms with Crippen LogP contribution in [0.1, 0.15) is 12.5 Å². The van der Waals surface area contributed by atoms with E-state index in [0.717, 1.165) is 0 Å². The maximum atomic E-state index is 12.2. The summed E-state index contributed by atoms with van der Waals surface area (Å²) in [6.07, 6.45) is 5.43. The molecule has 1 saturated heterocycles. The monoisotopic (exact) mass is 629 g/mol. The van der Waals surface area contributed by atoms with E-state index in [1.54, 1.807) is 31.5 Å². The van der Waals surface area contributed by atoms with E-state index < -0.39 is 29.7 Å². The lowest BCUT2D eigenvalue weighted by atomic mass is 9.97. The van der Waals surface area contributed by atoms with E-state index in [9.17, 15) is 22.6 Å². The first-order valence-electron chi connectivity index (χ1n) is 13.9. The van der Waals surface area contributed by atoms with Crippen molar-refractivity contribution in [1.82, 2.24) is 14.5 Å². The van der Waals surface area contributed by atoms with Crippen LogP contribution in [0.25, 0.3) is 5.57 Å². The largest absolute Gasteiger partial charge is 0.724 e. The van der Waals surface area contributed by atoms with Crippen molar-refractivity contribution in [2.75, 3.05) is 13.1 Å². The van der Waals surface area contributed by atoms with Crippen molar-refractivity contribution in [2.45, 2.75) is 13.0 Å². The molecule has 226 valence electrons. The van der Waals surface area contributed by atoms with E-state index in [1.165, 1.54) is 25.4 Å². The van der Waals surface area contributed by atoms with Crippen LogP contribution in [0, 0.1) is 0 Å². The molecule has 0 saturated carbocycles. The molecule has 3 aromatic carbocycles. The Morgan fingerprint density at radius 3 is 1.84 bits per heavy atom. The van der Waals surface area contributed by atoms with Crippen molar-refractivity contribution < 1.29 is 22.0 Å². The van der Waals surface area contributed by atoms with E-state index in [0.29, 0.717) is 16.2 Å². The Bertz CT molecular complexity index is 1750. The van der Waals surface area contributed by atoms with Gasteiger partial charge in [0, 0.05) is 25.4 Å². The molecule has 0 spiro atoms. The summed E-state index contributed by atoms with van der Waals surface area (Å²) in [4.78, 5) is 25.5. The number of pyridine rings is 1. The van der Waals surface area contributed by atoms with Crippen LogP contribution in [-0.4, -0.2) is 52.7 Å². The molecule has 2 amide bonds. The standard InChI is InChI=1S/C21H20P.C12H13N3O6S/c1-2-18-22(19-12-6-3-7-13-19,20-14-8-4-9-15-20)21-16-10-5-11-17-21;1-13-5-2-3-9(11(13)16)8-4-6-14-7-10(8)15(12(14)17)21-22(18,19)20/h2-18H,1H3;2-5,10H,6-7H2,1H3,(H,18,19,20)/q+1;/p-1. The zero-order chi connectivity index (χ0) is 31.3. The second kappa shape index (κ2) is 13.1. The summed E-state index contributed by atoms with van der Waals surface area (Å²) in [5, 5.41) is 4.70. The maximum Gasteiger partial charge on any atom is 0.346 e. The minimum absolute atomic E-state index is 0.151. The highest BCUT2D eigenvalue weighted by Crippen LogP contribution is 2.56. The number of fused-ring (bicyclic) bond motifs is 2. The fraction of sp³-hybridized carbons (Fsp3) is 0.152. The number of aryl methyl sites for hydroxylation is 1. The number of carbonyl (C=O) groups is 1. The molecule has 2 bridgehead atoms. The lowest BCUT2D eigenvalue weighted by Gasteiger charge is -2.25. The smallest absolute Gasteiger partial charge is 0.346 e. The van der Waals surface area contributed by atoms with E-state index in [4.69, 9.17) is 0 Å². The van der Waals surface area contributed by atoms with Crippen LogP contribution >= 0.6 is 7.26 Å². The van der Waals surface area contributed by atoms with Gasteiger partial charge in [-0.05, 0) is 61.0 Å². The molecule has 6 rings (SSSR count). The molecule has 44 heavy (non-hydrogen) atoms. The summed E-state index contributed by atoms with van der Waals surface area (Å²) >= 11 is 0. The topological polar surface area (TPSA) is 112 Å². The average molecular weight is 630 g/mol. The number of rotatable bonds is 7. The highest BCUT2D eigenvalue weighted by atomic mass is 32.3. The third kappa shape index (κ3) is 6.30. The first kappa shape index (κ1) is 31.1. The highest BCUT2D eigenvalue weighted by molar-refractivity contribution is 7.98. The van der Waals surface area contributed by atoms with Crippen LogP contribution < -0.4 is 21.5 Å². The molecule has 2 aliphatic rings. The first-order chi connectivity index (χ1) is 21.2. The fourth-order valence-electron chi connectivity index (χ4n) is 5.56. The lowest BCUT2D eigenvalue weighted by molar-refractivity contribution is -0.0172. The molecule has 0 N–H and O–H groups in total. The van der Waals surface area contributed by atoms with Crippen LogP contribution in [0.5, 0.6) is 0 Å². The molecular weight excluding hydrogens is 597 g/mol. The Kier molecular flexibility index (Phi) is 9.27. The van der Waals surface area contributed by atoms with Crippen molar-refractivity contribution in [1.29, 1.82) is 0 Å². The van der Waals surface area contributed by atoms with Gasteiger partial charge in [-0.25, -0.2) is 13.2 Å². The normalized spacial score (nSPS) is 16.5. The summed E-state index contributed by atoms with van der Waals surface area (Å²) in [6, 6.07) is 34.3. The van der Waals surface area contributed by atoms with Gasteiger partial charge < -0.3 is 14.0 Å². The zero-order valence-electron chi connectivity index (χ0n) is 24.3. The summed E-state index contributed by atoms with van der Waals surface area (Å²) in [7, 11) is -5.24. The van der Waals surface area contributed by atoms with Crippen molar-refractivity contribution in [3.8, 4) is 0 Å². The summed E-state index contributed by atoms with van der Waals surface area (Å²) in [6.45, 7) is 2.48. The minimum atomic E-state index is -5.09. The molecule has 9 nitrogen and oxygen atoms in total. The molecule has 1 fully saturated rings. The van der Waals surface area contributed by atoms with E-state index in [2.05, 4.69) is 114 Å². The van der Waals surface area contributed by atoms with Gasteiger partial charge in [0.1, 0.15) is 29.2 Å². The number of aromatic nitrogens is 1. The van der Waals surface area contributed by atoms with Gasteiger partial charge in [0.2, 0.25) is 10.4 Å². The highest BCUT2D eigenvalue weighted by Gasteiger charge is 2.45. The van der Waals surface area contributed by atoms with E-state index in [-0.39, 0.29) is 18.6 Å². The quantitative estimate of drug-likeness (QED) is 0.175. The Morgan fingerprint density at radius 1 is 0.841 bits per heavy atom. The maximum absolute atomic E-state index is 12.2. The van der Waals surface area contributed by atoms with Gasteiger partial charge in [-0.1, -0.05) is 66.7 Å². The molecule has 11 heteroatoms. The molecule has 0 aliphatic carbocycles. The van der Waals surface area contributed by atoms with Gasteiger partial charge in [0.15, 0.2) is 0 Å². The van der Waals surface area contributed by atoms with Gasteiger partial charge in [-0.15, -0.1) is 0 Å². The van der Waals surface area contributed by atoms with Gasteiger partial charge in [-0.2, -0.15) is 9.35 Å². The van der Waals surface area contributed by atoms with Crippen LogP contribution in [0.15, 0.2) is 132 Å². The molecule has 1 aromatic heterocycles. The van der Waals surface area contributed by atoms with E-state index >= 15 is 0 Å². The Labute approximate surface area is 257 Å². The third-order valence-corrected chi connectivity index (χ3v) is 11.9. The summed E-state index contributed by atoms with van der Waals surface area (Å²) in [5.74, 6) is 2.41. The number of hydroxylamine groups is 2. The second-order valence-electron chi connectivity index (χ2n) is 10.2. The summed E-state index contributed by atoms with van der Waals surface area (Å²) < 4.78 is 38.1. The zero-order valence-corrected chi connectivity index (χ0v) is 26.0. The number of hydrogen-bond donors (Lipinski definition) is 0. The van der Waals surface area contributed by atoms with Crippen molar-refractivity contribution in [3.63, 3.8) is 0 Å². The number of hydrogen-bond acceptors (Lipinski definition) is 6. The second-order valence-corrected chi connectivity index (χ2v) is 14.5. The minimum Gasteiger partial charge on any atom is -0.724 e. The van der Waals surface area contributed by atoms with Crippen LogP contribution in [0.2, 0.25) is 0 Å². The average Bonchev–Trinajstić information content (AvgIpc) is 3.27. The van der Waals surface area contributed by atoms with Gasteiger partial charge >= 0.3 is 6.03 Å². The predicted octanol–water partition coefficient (Wildman–Crippen LogP) is 3.79. The fourth-order valence-corrected chi connectivity index (χ4v) is 9.71.